The summed E-state index contributed by atoms with van der Waals surface area (Å²) in [6, 6.07) is 11.5. The van der Waals surface area contributed by atoms with Gasteiger partial charge in [-0.25, -0.2) is 9.97 Å². The second-order valence-electron chi connectivity index (χ2n) is 6.49. The molecule has 1 unspecified atom stereocenters. The Morgan fingerprint density at radius 2 is 2.04 bits per heavy atom. The molecule has 0 spiro atoms. The maximum Gasteiger partial charge on any atom is 0.254 e. The van der Waals surface area contributed by atoms with E-state index >= 15 is 0 Å². The van der Waals surface area contributed by atoms with Crippen LogP contribution >= 0.6 is 0 Å². The van der Waals surface area contributed by atoms with Crippen LogP contribution in [0.1, 0.15) is 40.6 Å². The van der Waals surface area contributed by atoms with Crippen molar-refractivity contribution in [2.75, 3.05) is 13.1 Å². The Morgan fingerprint density at radius 1 is 1.12 bits per heavy atom. The van der Waals surface area contributed by atoms with E-state index in [0.717, 1.165) is 47.4 Å². The summed E-state index contributed by atoms with van der Waals surface area (Å²) >= 11 is 0. The van der Waals surface area contributed by atoms with Gasteiger partial charge in [-0.15, -0.1) is 0 Å². The van der Waals surface area contributed by atoms with Crippen molar-refractivity contribution < 1.29 is 4.79 Å². The number of fused-ring (bicyclic) bond motifs is 1. The van der Waals surface area contributed by atoms with Gasteiger partial charge in [0.1, 0.15) is 5.82 Å². The van der Waals surface area contributed by atoms with E-state index in [-0.39, 0.29) is 11.8 Å². The highest BCUT2D eigenvalue weighted by Gasteiger charge is 2.27. The summed E-state index contributed by atoms with van der Waals surface area (Å²) in [5, 5.41) is 0.912. The first kappa shape index (κ1) is 15.7. The molecule has 1 aliphatic rings. The second kappa shape index (κ2) is 6.59. The zero-order chi connectivity index (χ0) is 17.2. The molecule has 126 valence electrons. The molecule has 1 aromatic carbocycles. The topological polar surface area (TPSA) is 59.0 Å². The molecule has 3 aromatic rings. The summed E-state index contributed by atoms with van der Waals surface area (Å²) in [6.45, 7) is 3.39. The Balaban J connectivity index is 1.61. The van der Waals surface area contributed by atoms with Crippen LogP contribution in [0.4, 0.5) is 0 Å². The number of piperidine rings is 1. The van der Waals surface area contributed by atoms with Crippen molar-refractivity contribution in [1.82, 2.24) is 19.9 Å². The van der Waals surface area contributed by atoms with Gasteiger partial charge in [0.15, 0.2) is 0 Å². The third-order valence-corrected chi connectivity index (χ3v) is 4.80. The van der Waals surface area contributed by atoms with Gasteiger partial charge in [-0.1, -0.05) is 12.1 Å². The molecular formula is C20H20N4O. The van der Waals surface area contributed by atoms with Crippen molar-refractivity contribution in [3.8, 4) is 0 Å². The lowest BCUT2D eigenvalue weighted by Crippen LogP contribution is -2.39. The molecule has 1 saturated heterocycles. The van der Waals surface area contributed by atoms with Crippen molar-refractivity contribution in [2.24, 2.45) is 0 Å². The van der Waals surface area contributed by atoms with Crippen LogP contribution in [0.3, 0.4) is 0 Å². The molecule has 0 N–H and O–H groups in total. The molecule has 1 aliphatic heterocycles. The van der Waals surface area contributed by atoms with Crippen LogP contribution in [0, 0.1) is 6.92 Å². The Labute approximate surface area is 146 Å². The van der Waals surface area contributed by atoms with Gasteiger partial charge in [0, 0.05) is 48.0 Å². The number of aromatic nitrogens is 3. The van der Waals surface area contributed by atoms with Crippen molar-refractivity contribution in [2.45, 2.75) is 25.7 Å². The lowest BCUT2D eigenvalue weighted by Gasteiger charge is -2.32. The smallest absolute Gasteiger partial charge is 0.254 e. The Morgan fingerprint density at radius 3 is 2.92 bits per heavy atom. The highest BCUT2D eigenvalue weighted by molar-refractivity contribution is 6.06. The van der Waals surface area contributed by atoms with Crippen molar-refractivity contribution in [1.29, 1.82) is 0 Å². The summed E-state index contributed by atoms with van der Waals surface area (Å²) in [7, 11) is 0. The maximum absolute atomic E-state index is 13.1. The number of carbonyl (C=O) groups excluding carboxylic acids is 1. The minimum absolute atomic E-state index is 0.0779. The molecule has 0 bridgehead atoms. The van der Waals surface area contributed by atoms with E-state index in [9.17, 15) is 4.79 Å². The summed E-state index contributed by atoms with van der Waals surface area (Å²) in [5.41, 5.74) is 2.61. The molecule has 1 atom stereocenters. The molecule has 2 aromatic heterocycles. The van der Waals surface area contributed by atoms with Crippen LogP contribution in [-0.4, -0.2) is 38.8 Å². The van der Waals surface area contributed by atoms with Gasteiger partial charge in [-0.3, -0.25) is 9.78 Å². The molecule has 0 saturated carbocycles. The fourth-order valence-corrected chi connectivity index (χ4v) is 3.57. The summed E-state index contributed by atoms with van der Waals surface area (Å²) in [4.78, 5) is 28.2. The standard InChI is InChI=1S/C20H20N4O/c1-14-21-11-9-18(23-14)15-5-4-12-24(13-15)20(25)17-6-2-8-19-16(17)7-3-10-22-19/h2-3,6-11,15H,4-5,12-13H2,1H3. The molecule has 1 fully saturated rings. The Hall–Kier alpha value is -2.82. The van der Waals surface area contributed by atoms with E-state index in [1.807, 2.05) is 48.2 Å². The molecule has 3 heterocycles. The van der Waals surface area contributed by atoms with Crippen molar-refractivity contribution in [3.05, 3.63) is 65.9 Å². The third-order valence-electron chi connectivity index (χ3n) is 4.80. The van der Waals surface area contributed by atoms with E-state index in [4.69, 9.17) is 0 Å². The number of nitrogens with zero attached hydrogens (tertiary/aromatic N) is 4. The molecule has 1 amide bonds. The lowest BCUT2D eigenvalue weighted by atomic mass is 9.93. The average molecular weight is 332 g/mol. The maximum atomic E-state index is 13.1. The molecule has 4 rings (SSSR count). The zero-order valence-corrected chi connectivity index (χ0v) is 14.2. The summed E-state index contributed by atoms with van der Waals surface area (Å²) in [5.74, 6) is 1.13. The number of hydrogen-bond acceptors (Lipinski definition) is 4. The van der Waals surface area contributed by atoms with Gasteiger partial charge in [0.2, 0.25) is 0 Å². The van der Waals surface area contributed by atoms with Crippen LogP contribution in [-0.2, 0) is 0 Å². The van der Waals surface area contributed by atoms with Crippen LogP contribution in [0.2, 0.25) is 0 Å². The number of amides is 1. The quantitative estimate of drug-likeness (QED) is 0.722. The molecule has 25 heavy (non-hydrogen) atoms. The second-order valence-corrected chi connectivity index (χ2v) is 6.49. The number of aryl methyl sites for hydroxylation is 1. The normalized spacial score (nSPS) is 17.6. The Bertz CT molecular complexity index is 919. The number of hydrogen-bond donors (Lipinski definition) is 0. The predicted molar refractivity (Wildman–Crippen MR) is 96.4 cm³/mol. The van der Waals surface area contributed by atoms with Crippen LogP contribution in [0.25, 0.3) is 10.9 Å². The van der Waals surface area contributed by atoms with E-state index in [2.05, 4.69) is 15.0 Å². The van der Waals surface area contributed by atoms with E-state index in [0.29, 0.717) is 6.54 Å². The number of benzene rings is 1. The van der Waals surface area contributed by atoms with Crippen LogP contribution in [0.15, 0.2) is 48.8 Å². The third kappa shape index (κ3) is 3.09. The number of carbonyl (C=O) groups is 1. The average Bonchev–Trinajstić information content (AvgIpc) is 2.67. The Kier molecular flexibility index (Phi) is 4.14. The zero-order valence-electron chi connectivity index (χ0n) is 14.2. The molecule has 5 heteroatoms. The van der Waals surface area contributed by atoms with Crippen LogP contribution in [0.5, 0.6) is 0 Å². The van der Waals surface area contributed by atoms with Gasteiger partial charge in [0.25, 0.3) is 5.91 Å². The van der Waals surface area contributed by atoms with Gasteiger partial charge in [0.05, 0.1) is 5.52 Å². The number of likely N-dealkylation sites (tertiary alicyclic amines) is 1. The first-order valence-electron chi connectivity index (χ1n) is 8.65. The minimum Gasteiger partial charge on any atom is -0.338 e. The number of pyridine rings is 1. The molecule has 5 nitrogen and oxygen atoms in total. The first-order valence-corrected chi connectivity index (χ1v) is 8.65. The first-order chi connectivity index (χ1) is 12.2. The van der Waals surface area contributed by atoms with Crippen LogP contribution < -0.4 is 0 Å². The van der Waals surface area contributed by atoms with Gasteiger partial charge in [-0.05, 0) is 44.0 Å². The minimum atomic E-state index is 0.0779. The molecule has 0 radical (unpaired) electrons. The number of rotatable bonds is 2. The molecule has 0 aliphatic carbocycles. The molecular weight excluding hydrogens is 312 g/mol. The van der Waals surface area contributed by atoms with E-state index in [1.165, 1.54) is 0 Å². The van der Waals surface area contributed by atoms with E-state index < -0.39 is 0 Å². The van der Waals surface area contributed by atoms with Crippen molar-refractivity contribution in [3.63, 3.8) is 0 Å². The summed E-state index contributed by atoms with van der Waals surface area (Å²) in [6.07, 6.45) is 5.60. The van der Waals surface area contributed by atoms with Gasteiger partial charge < -0.3 is 4.90 Å². The van der Waals surface area contributed by atoms with Gasteiger partial charge >= 0.3 is 0 Å². The van der Waals surface area contributed by atoms with Crippen molar-refractivity contribution >= 4 is 16.8 Å². The fraction of sp³-hybridized carbons (Fsp3) is 0.300. The highest BCUT2D eigenvalue weighted by atomic mass is 16.2. The summed E-state index contributed by atoms with van der Waals surface area (Å²) < 4.78 is 0. The lowest BCUT2D eigenvalue weighted by molar-refractivity contribution is 0.0708. The monoisotopic (exact) mass is 332 g/mol. The van der Waals surface area contributed by atoms with Gasteiger partial charge in [-0.2, -0.15) is 0 Å². The largest absolute Gasteiger partial charge is 0.338 e. The SMILES string of the molecule is Cc1nccc(C2CCCN(C(=O)c3cccc4ncccc34)C2)n1. The highest BCUT2D eigenvalue weighted by Crippen LogP contribution is 2.27. The fourth-order valence-electron chi connectivity index (χ4n) is 3.57. The van der Waals surface area contributed by atoms with E-state index in [1.54, 1.807) is 12.4 Å². The predicted octanol–water partition coefficient (Wildman–Crippen LogP) is 3.35.